The Morgan fingerprint density at radius 3 is 1.89 bits per heavy atom. The molecule has 2 rings (SSSR count). The number of anilines is 2. The van der Waals surface area contributed by atoms with Gasteiger partial charge in [-0.2, -0.15) is 13.2 Å². The Kier molecular flexibility index (Phi) is 10.8. The third kappa shape index (κ3) is 9.68. The first-order valence-corrected chi connectivity index (χ1v) is 10.9. The molecule has 2 aromatic rings. The Bertz CT molecular complexity index is 1030. The van der Waals surface area contributed by atoms with Gasteiger partial charge in [-0.15, -0.1) is 0 Å². The van der Waals surface area contributed by atoms with Gasteiger partial charge in [0, 0.05) is 18.7 Å². The summed E-state index contributed by atoms with van der Waals surface area (Å²) >= 11 is 0. The van der Waals surface area contributed by atoms with E-state index in [1.165, 1.54) is 0 Å². The van der Waals surface area contributed by atoms with Gasteiger partial charge in [-0.3, -0.25) is 4.79 Å². The first-order valence-electron chi connectivity index (χ1n) is 10.9. The molecule has 0 radical (unpaired) electrons. The number of aliphatic carboxylic acids is 1. The molecule has 35 heavy (non-hydrogen) atoms. The Labute approximate surface area is 202 Å². The van der Waals surface area contributed by atoms with E-state index in [0.29, 0.717) is 23.1 Å². The van der Waals surface area contributed by atoms with Crippen LogP contribution >= 0.6 is 0 Å². The van der Waals surface area contributed by atoms with E-state index in [0.717, 1.165) is 24.3 Å². The van der Waals surface area contributed by atoms with Crippen LogP contribution in [-0.2, 0) is 4.79 Å². The summed E-state index contributed by atoms with van der Waals surface area (Å²) in [6.45, 7) is 12.1. The number of rotatable bonds is 8. The SMILES string of the molecule is Cc1ccccc1C(=O)Nc1cc(C(=O)O)ccc1N(CC(C)C)CC(C)C.O=C(O)C(F)(F)F. The number of nitrogens with one attached hydrogen (secondary N) is 1. The zero-order valence-corrected chi connectivity index (χ0v) is 20.3. The van der Waals surface area contributed by atoms with Crippen molar-refractivity contribution in [2.75, 3.05) is 23.3 Å². The number of carboxylic acid groups (broad SMARTS) is 2. The predicted octanol–water partition coefficient (Wildman–Crippen LogP) is 5.70. The standard InChI is InChI=1S/C23H30N2O3.C2HF3O2/c1-15(2)13-25(14-16(3)4)21-11-10-18(23(27)28)12-20(21)24-22(26)19-9-7-6-8-17(19)5;3-2(4,5)1(6)7/h6-12,15-16H,13-14H2,1-5H3,(H,24,26)(H,27,28);(H,6,7). The predicted molar refractivity (Wildman–Crippen MR) is 128 cm³/mol. The number of halogens is 3. The highest BCUT2D eigenvalue weighted by molar-refractivity contribution is 6.07. The van der Waals surface area contributed by atoms with Gasteiger partial charge in [-0.1, -0.05) is 45.9 Å². The fourth-order valence-corrected chi connectivity index (χ4v) is 3.22. The highest BCUT2D eigenvalue weighted by atomic mass is 19.4. The van der Waals surface area contributed by atoms with Crippen molar-refractivity contribution in [2.24, 2.45) is 11.8 Å². The van der Waals surface area contributed by atoms with Gasteiger partial charge in [0.15, 0.2) is 0 Å². The van der Waals surface area contributed by atoms with E-state index in [4.69, 9.17) is 9.90 Å². The molecule has 0 bridgehead atoms. The molecule has 0 atom stereocenters. The molecule has 192 valence electrons. The summed E-state index contributed by atoms with van der Waals surface area (Å²) in [5.41, 5.74) is 2.97. The van der Waals surface area contributed by atoms with Gasteiger partial charge >= 0.3 is 18.1 Å². The van der Waals surface area contributed by atoms with Crippen LogP contribution in [0.5, 0.6) is 0 Å². The summed E-state index contributed by atoms with van der Waals surface area (Å²) in [6, 6.07) is 12.3. The van der Waals surface area contributed by atoms with Gasteiger partial charge in [0.2, 0.25) is 0 Å². The van der Waals surface area contributed by atoms with Crippen LogP contribution in [0.4, 0.5) is 24.5 Å². The van der Waals surface area contributed by atoms with Crippen molar-refractivity contribution in [3.8, 4) is 0 Å². The fourth-order valence-electron chi connectivity index (χ4n) is 3.22. The maximum absolute atomic E-state index is 12.9. The lowest BCUT2D eigenvalue weighted by Gasteiger charge is -2.30. The number of aryl methyl sites for hydroxylation is 1. The summed E-state index contributed by atoms with van der Waals surface area (Å²) in [4.78, 5) is 35.4. The number of nitrogens with zero attached hydrogens (tertiary/aromatic N) is 1. The van der Waals surface area contributed by atoms with E-state index in [-0.39, 0.29) is 11.5 Å². The van der Waals surface area contributed by atoms with Gasteiger partial charge in [-0.05, 0) is 48.6 Å². The quantitative estimate of drug-likeness (QED) is 0.433. The average molecular weight is 497 g/mol. The maximum Gasteiger partial charge on any atom is 0.490 e. The van der Waals surface area contributed by atoms with E-state index in [1.54, 1.807) is 24.3 Å². The minimum absolute atomic E-state index is 0.151. The molecule has 0 unspecified atom stereocenters. The summed E-state index contributed by atoms with van der Waals surface area (Å²) in [5.74, 6) is -3.16. The maximum atomic E-state index is 12.9. The molecule has 1 amide bonds. The molecule has 10 heteroatoms. The highest BCUT2D eigenvalue weighted by Crippen LogP contribution is 2.30. The van der Waals surface area contributed by atoms with E-state index >= 15 is 0 Å². The van der Waals surface area contributed by atoms with Gasteiger partial charge in [0.05, 0.1) is 16.9 Å². The molecule has 0 heterocycles. The van der Waals surface area contributed by atoms with Crippen molar-refractivity contribution < 1.29 is 37.8 Å². The summed E-state index contributed by atoms with van der Waals surface area (Å²) in [5, 5.41) is 19.5. The molecule has 0 aliphatic rings. The zero-order chi connectivity index (χ0) is 26.9. The molecular formula is C25H31F3N2O5. The van der Waals surface area contributed by atoms with Crippen LogP contribution in [-0.4, -0.2) is 47.3 Å². The summed E-state index contributed by atoms with van der Waals surface area (Å²) in [6.07, 6.45) is -5.08. The molecule has 0 saturated carbocycles. The molecular weight excluding hydrogens is 465 g/mol. The summed E-state index contributed by atoms with van der Waals surface area (Å²) in [7, 11) is 0. The molecule has 0 aliphatic carbocycles. The van der Waals surface area contributed by atoms with Crippen LogP contribution in [0.2, 0.25) is 0 Å². The van der Waals surface area contributed by atoms with E-state index in [2.05, 4.69) is 37.9 Å². The molecule has 0 aliphatic heterocycles. The highest BCUT2D eigenvalue weighted by Gasteiger charge is 2.38. The fraction of sp³-hybridized carbons (Fsp3) is 0.400. The lowest BCUT2D eigenvalue weighted by Crippen LogP contribution is -2.32. The summed E-state index contributed by atoms with van der Waals surface area (Å²) < 4.78 is 31.7. The van der Waals surface area contributed by atoms with E-state index in [9.17, 15) is 27.9 Å². The molecule has 0 fully saturated rings. The number of aromatic carboxylic acids is 1. The number of carboxylic acids is 2. The number of carbonyl (C=O) groups excluding carboxylic acids is 1. The zero-order valence-electron chi connectivity index (χ0n) is 20.3. The van der Waals surface area contributed by atoms with Crippen molar-refractivity contribution >= 4 is 29.2 Å². The van der Waals surface area contributed by atoms with Crippen molar-refractivity contribution in [1.82, 2.24) is 0 Å². The Balaban J connectivity index is 0.000000762. The number of alkyl halides is 3. The molecule has 3 N–H and O–H groups in total. The first-order chi connectivity index (χ1) is 16.1. The normalized spacial score (nSPS) is 11.0. The van der Waals surface area contributed by atoms with E-state index < -0.39 is 18.1 Å². The second kappa shape index (κ2) is 12.8. The largest absolute Gasteiger partial charge is 0.490 e. The van der Waals surface area contributed by atoms with Crippen LogP contribution < -0.4 is 10.2 Å². The third-order valence-electron chi connectivity index (χ3n) is 4.64. The van der Waals surface area contributed by atoms with Gasteiger partial charge < -0.3 is 20.4 Å². The van der Waals surface area contributed by atoms with Crippen molar-refractivity contribution in [1.29, 1.82) is 0 Å². The number of hydrogen-bond acceptors (Lipinski definition) is 4. The second-order valence-electron chi connectivity index (χ2n) is 8.80. The van der Waals surface area contributed by atoms with Gasteiger partial charge in [0.25, 0.3) is 5.91 Å². The van der Waals surface area contributed by atoms with Crippen LogP contribution in [0.3, 0.4) is 0 Å². The topological polar surface area (TPSA) is 107 Å². The molecule has 0 aromatic heterocycles. The second-order valence-corrected chi connectivity index (χ2v) is 8.80. The minimum atomic E-state index is -5.08. The number of hydrogen-bond donors (Lipinski definition) is 3. The van der Waals surface area contributed by atoms with Crippen LogP contribution in [0, 0.1) is 18.8 Å². The Morgan fingerprint density at radius 1 is 0.943 bits per heavy atom. The lowest BCUT2D eigenvalue weighted by molar-refractivity contribution is -0.192. The van der Waals surface area contributed by atoms with Gasteiger partial charge in [0.1, 0.15) is 0 Å². The Morgan fingerprint density at radius 2 is 1.46 bits per heavy atom. The molecule has 0 saturated heterocycles. The van der Waals surface area contributed by atoms with Crippen molar-refractivity contribution in [2.45, 2.75) is 40.8 Å². The van der Waals surface area contributed by atoms with Crippen LogP contribution in [0.15, 0.2) is 42.5 Å². The molecule has 0 spiro atoms. The lowest BCUT2D eigenvalue weighted by atomic mass is 10.1. The minimum Gasteiger partial charge on any atom is -0.478 e. The van der Waals surface area contributed by atoms with Crippen LogP contribution in [0.25, 0.3) is 0 Å². The van der Waals surface area contributed by atoms with Gasteiger partial charge in [-0.25, -0.2) is 9.59 Å². The number of carbonyl (C=O) groups is 3. The molecule has 7 nitrogen and oxygen atoms in total. The Hall–Kier alpha value is -3.56. The monoisotopic (exact) mass is 496 g/mol. The number of benzene rings is 2. The first kappa shape index (κ1) is 29.5. The van der Waals surface area contributed by atoms with E-state index in [1.807, 2.05) is 25.1 Å². The average Bonchev–Trinajstić information content (AvgIpc) is 2.72. The molecule has 2 aromatic carbocycles. The van der Waals surface area contributed by atoms with Crippen molar-refractivity contribution in [3.63, 3.8) is 0 Å². The van der Waals surface area contributed by atoms with Crippen molar-refractivity contribution in [3.05, 3.63) is 59.2 Å². The van der Waals surface area contributed by atoms with Crippen LogP contribution in [0.1, 0.15) is 54.0 Å². The smallest absolute Gasteiger partial charge is 0.478 e. The number of amides is 1. The third-order valence-corrected chi connectivity index (χ3v) is 4.64.